The minimum Gasteiger partial charge on any atom is -0.309 e. The van der Waals surface area contributed by atoms with Crippen LogP contribution in [-0.2, 0) is 0 Å². The van der Waals surface area contributed by atoms with E-state index in [1.165, 1.54) is 21.8 Å². The van der Waals surface area contributed by atoms with Crippen LogP contribution in [0.15, 0.2) is 165 Å². The van der Waals surface area contributed by atoms with E-state index < -0.39 is 0 Å². The minimum atomic E-state index is 0.676. The molecular formula is C40H29N3. The highest BCUT2D eigenvalue weighted by molar-refractivity contribution is 6.09. The number of fused-ring (bicyclic) bond motifs is 3. The molecule has 0 unspecified atom stereocenters. The van der Waals surface area contributed by atoms with E-state index in [4.69, 9.17) is 9.97 Å². The van der Waals surface area contributed by atoms with Gasteiger partial charge in [-0.15, -0.1) is 0 Å². The van der Waals surface area contributed by atoms with Crippen molar-refractivity contribution in [3.63, 3.8) is 0 Å². The smallest absolute Gasteiger partial charge is 0.160 e. The zero-order valence-corrected chi connectivity index (χ0v) is 23.7. The van der Waals surface area contributed by atoms with Crippen molar-refractivity contribution in [3.8, 4) is 39.5 Å². The van der Waals surface area contributed by atoms with Crippen molar-refractivity contribution in [3.05, 3.63) is 171 Å². The molecule has 0 fully saturated rings. The Labute approximate surface area is 251 Å². The fourth-order valence-corrected chi connectivity index (χ4v) is 5.68. The Kier molecular flexibility index (Phi) is 6.82. The molecule has 0 aliphatic rings. The molecule has 7 aromatic rings. The normalized spacial score (nSPS) is 11.6. The first kappa shape index (κ1) is 26.1. The van der Waals surface area contributed by atoms with Gasteiger partial charge in [0.2, 0.25) is 0 Å². The topological polar surface area (TPSA) is 30.7 Å². The molecule has 204 valence electrons. The van der Waals surface area contributed by atoms with Crippen LogP contribution >= 0.6 is 0 Å². The average molecular weight is 552 g/mol. The summed E-state index contributed by atoms with van der Waals surface area (Å²) in [5.41, 5.74) is 10.4. The molecule has 0 amide bonds. The van der Waals surface area contributed by atoms with Crippen molar-refractivity contribution in [1.82, 2.24) is 14.5 Å². The van der Waals surface area contributed by atoms with Crippen LogP contribution < -0.4 is 0 Å². The predicted molar refractivity (Wildman–Crippen MR) is 181 cm³/mol. The number of hydrogen-bond donors (Lipinski definition) is 0. The van der Waals surface area contributed by atoms with Gasteiger partial charge in [-0.1, -0.05) is 135 Å². The summed E-state index contributed by atoms with van der Waals surface area (Å²) in [5, 5.41) is 2.53. The van der Waals surface area contributed by atoms with Crippen LogP contribution in [-0.4, -0.2) is 14.5 Å². The van der Waals surface area contributed by atoms with Crippen molar-refractivity contribution in [2.75, 3.05) is 0 Å². The number of aromatic nitrogens is 3. The van der Waals surface area contributed by atoms with Gasteiger partial charge >= 0.3 is 0 Å². The quantitative estimate of drug-likeness (QED) is 0.185. The largest absolute Gasteiger partial charge is 0.309 e. The summed E-state index contributed by atoms with van der Waals surface area (Å²) in [6.07, 6.45) is 5.47. The second-order valence-corrected chi connectivity index (χ2v) is 10.4. The van der Waals surface area contributed by atoms with E-state index in [0.717, 1.165) is 44.9 Å². The first-order valence-electron chi connectivity index (χ1n) is 14.3. The number of allylic oxidation sites excluding steroid dienone is 4. The Bertz CT molecular complexity index is 2080. The van der Waals surface area contributed by atoms with Gasteiger partial charge in [-0.05, 0) is 47.0 Å². The van der Waals surface area contributed by atoms with E-state index in [0.29, 0.717) is 5.82 Å². The number of nitrogens with zero attached hydrogens (tertiary/aromatic N) is 3. The molecule has 0 radical (unpaired) electrons. The molecule has 7 rings (SSSR count). The van der Waals surface area contributed by atoms with Gasteiger partial charge in [0.05, 0.1) is 22.4 Å². The van der Waals surface area contributed by atoms with Gasteiger partial charge in [0.25, 0.3) is 0 Å². The standard InChI is InChI=1S/C40H29N3/c1-3-12-28(4-2)36-27-37(42-40(41-36)32-13-6-5-7-14-32)31-21-19-29(20-22-31)30-23-25-33(26-24-30)43-38-17-10-8-15-34(38)35-16-9-11-18-39(35)43/h3-27H,1-2H2/b28-12+. The van der Waals surface area contributed by atoms with E-state index in [1.54, 1.807) is 12.2 Å². The van der Waals surface area contributed by atoms with Gasteiger partial charge in [0, 0.05) is 27.6 Å². The molecule has 3 heteroatoms. The lowest BCUT2D eigenvalue weighted by Crippen LogP contribution is -1.97. The SMILES string of the molecule is C=C/C=C(\C=C)c1cc(-c2ccc(-c3ccc(-n4c5ccccc5c5ccccc54)cc3)cc2)nc(-c2ccccc2)n1. The molecule has 0 saturated heterocycles. The molecular weight excluding hydrogens is 522 g/mol. The highest BCUT2D eigenvalue weighted by atomic mass is 15.0. The summed E-state index contributed by atoms with van der Waals surface area (Å²) < 4.78 is 2.34. The Morgan fingerprint density at radius 2 is 1.12 bits per heavy atom. The van der Waals surface area contributed by atoms with Crippen LogP contribution in [0.3, 0.4) is 0 Å². The number of hydrogen-bond acceptors (Lipinski definition) is 2. The Morgan fingerprint density at radius 3 is 1.72 bits per heavy atom. The number of para-hydroxylation sites is 2. The number of rotatable bonds is 7. The lowest BCUT2D eigenvalue weighted by Gasteiger charge is -2.11. The van der Waals surface area contributed by atoms with E-state index >= 15 is 0 Å². The summed E-state index contributed by atoms with van der Waals surface area (Å²) in [4.78, 5) is 9.79. The van der Waals surface area contributed by atoms with Crippen molar-refractivity contribution in [2.24, 2.45) is 0 Å². The van der Waals surface area contributed by atoms with Crippen molar-refractivity contribution in [1.29, 1.82) is 0 Å². The van der Waals surface area contributed by atoms with Crippen LogP contribution in [0, 0.1) is 0 Å². The molecule has 0 aliphatic carbocycles. The van der Waals surface area contributed by atoms with Crippen LogP contribution in [0.5, 0.6) is 0 Å². The van der Waals surface area contributed by atoms with Crippen LogP contribution in [0.25, 0.3) is 66.8 Å². The molecule has 0 bridgehead atoms. The maximum atomic E-state index is 4.94. The van der Waals surface area contributed by atoms with Crippen LogP contribution in [0.4, 0.5) is 0 Å². The fourth-order valence-electron chi connectivity index (χ4n) is 5.68. The van der Waals surface area contributed by atoms with Crippen molar-refractivity contribution < 1.29 is 0 Å². The maximum absolute atomic E-state index is 4.94. The molecule has 2 aromatic heterocycles. The molecule has 5 aromatic carbocycles. The summed E-state index contributed by atoms with van der Waals surface area (Å²) in [5.74, 6) is 0.676. The number of benzene rings is 5. The fraction of sp³-hybridized carbons (Fsp3) is 0. The summed E-state index contributed by atoms with van der Waals surface area (Å²) in [6, 6.07) is 46.6. The van der Waals surface area contributed by atoms with E-state index in [1.807, 2.05) is 42.5 Å². The summed E-state index contributed by atoms with van der Waals surface area (Å²) in [7, 11) is 0. The lowest BCUT2D eigenvalue weighted by atomic mass is 10.0. The Morgan fingerprint density at radius 1 is 0.558 bits per heavy atom. The monoisotopic (exact) mass is 551 g/mol. The third-order valence-corrected chi connectivity index (χ3v) is 7.79. The Hall–Kier alpha value is -5.80. The van der Waals surface area contributed by atoms with Gasteiger partial charge in [-0.2, -0.15) is 0 Å². The van der Waals surface area contributed by atoms with Crippen LogP contribution in [0.1, 0.15) is 5.69 Å². The predicted octanol–water partition coefficient (Wildman–Crippen LogP) is 10.3. The highest BCUT2D eigenvalue weighted by Gasteiger charge is 2.13. The third-order valence-electron chi connectivity index (χ3n) is 7.79. The van der Waals surface area contributed by atoms with Gasteiger partial charge in [0.1, 0.15) is 0 Å². The highest BCUT2D eigenvalue weighted by Crippen LogP contribution is 2.33. The molecule has 0 aliphatic heterocycles. The molecule has 0 spiro atoms. The summed E-state index contributed by atoms with van der Waals surface area (Å²) in [6.45, 7) is 7.83. The van der Waals surface area contributed by atoms with E-state index in [-0.39, 0.29) is 0 Å². The first-order valence-corrected chi connectivity index (χ1v) is 14.3. The van der Waals surface area contributed by atoms with Gasteiger partial charge < -0.3 is 4.57 Å². The molecule has 43 heavy (non-hydrogen) atoms. The summed E-state index contributed by atoms with van der Waals surface area (Å²) >= 11 is 0. The molecule has 0 atom stereocenters. The van der Waals surface area contributed by atoms with Crippen molar-refractivity contribution >= 4 is 27.4 Å². The second-order valence-electron chi connectivity index (χ2n) is 10.4. The van der Waals surface area contributed by atoms with E-state index in [9.17, 15) is 0 Å². The Balaban J connectivity index is 1.24. The molecule has 2 heterocycles. The van der Waals surface area contributed by atoms with E-state index in [2.05, 4.69) is 115 Å². The van der Waals surface area contributed by atoms with Gasteiger partial charge in [-0.25, -0.2) is 9.97 Å². The maximum Gasteiger partial charge on any atom is 0.160 e. The van der Waals surface area contributed by atoms with Crippen LogP contribution in [0.2, 0.25) is 0 Å². The zero-order valence-electron chi connectivity index (χ0n) is 23.7. The van der Waals surface area contributed by atoms with Crippen molar-refractivity contribution in [2.45, 2.75) is 0 Å². The first-order chi connectivity index (χ1) is 21.2. The average Bonchev–Trinajstić information content (AvgIpc) is 3.42. The third kappa shape index (κ3) is 4.87. The molecule has 0 N–H and O–H groups in total. The molecule has 0 saturated carbocycles. The molecule has 3 nitrogen and oxygen atoms in total. The minimum absolute atomic E-state index is 0.676. The van der Waals surface area contributed by atoms with Gasteiger partial charge in [-0.3, -0.25) is 0 Å². The lowest BCUT2D eigenvalue weighted by molar-refractivity contribution is 1.16. The zero-order chi connectivity index (χ0) is 29.2. The second kappa shape index (κ2) is 11.2. The van der Waals surface area contributed by atoms with Gasteiger partial charge in [0.15, 0.2) is 5.82 Å².